The number of hydrogen-bond donors (Lipinski definition) is 1. The summed E-state index contributed by atoms with van der Waals surface area (Å²) in [6.45, 7) is 9.80. The van der Waals surface area contributed by atoms with Gasteiger partial charge in [0.1, 0.15) is 5.69 Å². The second-order valence-corrected chi connectivity index (χ2v) is 6.66. The van der Waals surface area contributed by atoms with E-state index in [2.05, 4.69) is 43.3 Å². The Morgan fingerprint density at radius 2 is 1.87 bits per heavy atom. The monoisotopic (exact) mass is 311 g/mol. The fourth-order valence-corrected chi connectivity index (χ4v) is 3.20. The summed E-state index contributed by atoms with van der Waals surface area (Å²) in [5.74, 6) is 0.665. The maximum Gasteiger partial charge on any atom is 0.269 e. The minimum absolute atomic E-state index is 0.0140. The van der Waals surface area contributed by atoms with E-state index in [1.165, 1.54) is 29.5 Å². The van der Waals surface area contributed by atoms with Gasteiger partial charge in [-0.1, -0.05) is 17.7 Å². The van der Waals surface area contributed by atoms with Crippen LogP contribution in [-0.4, -0.2) is 22.2 Å². The number of aromatic nitrogens is 2. The third-order valence-electron chi connectivity index (χ3n) is 4.49. The number of hydrogen-bond acceptors (Lipinski definition) is 2. The number of carbonyl (C=O) groups excluding carboxylic acids is 1. The van der Waals surface area contributed by atoms with Crippen LogP contribution in [0.2, 0.25) is 0 Å². The molecule has 0 saturated heterocycles. The van der Waals surface area contributed by atoms with Gasteiger partial charge in [0.15, 0.2) is 0 Å². The Morgan fingerprint density at radius 1 is 1.22 bits per heavy atom. The lowest BCUT2D eigenvalue weighted by atomic mass is 9.97. The van der Waals surface area contributed by atoms with Crippen molar-refractivity contribution in [3.05, 3.63) is 40.6 Å². The van der Waals surface area contributed by atoms with Gasteiger partial charge in [-0.15, -0.1) is 0 Å². The summed E-state index contributed by atoms with van der Waals surface area (Å²) in [4.78, 5) is 12.5. The van der Waals surface area contributed by atoms with Crippen molar-refractivity contribution in [1.29, 1.82) is 0 Å². The van der Waals surface area contributed by atoms with Crippen LogP contribution in [0.5, 0.6) is 0 Å². The van der Waals surface area contributed by atoms with Gasteiger partial charge in [-0.3, -0.25) is 9.48 Å². The van der Waals surface area contributed by atoms with Crippen LogP contribution in [0.4, 0.5) is 0 Å². The van der Waals surface area contributed by atoms with Crippen molar-refractivity contribution >= 4 is 5.91 Å². The topological polar surface area (TPSA) is 46.9 Å². The summed E-state index contributed by atoms with van der Waals surface area (Å²) in [6.07, 6.45) is 2.47. The van der Waals surface area contributed by atoms with E-state index in [9.17, 15) is 4.79 Å². The van der Waals surface area contributed by atoms with Crippen LogP contribution in [-0.2, 0) is 6.54 Å². The molecule has 0 aliphatic heterocycles. The molecule has 1 fully saturated rings. The van der Waals surface area contributed by atoms with Gasteiger partial charge < -0.3 is 5.32 Å². The van der Waals surface area contributed by atoms with Crippen LogP contribution in [0.15, 0.2) is 18.2 Å². The molecule has 1 aliphatic carbocycles. The van der Waals surface area contributed by atoms with E-state index in [4.69, 9.17) is 0 Å². The first-order valence-electron chi connectivity index (χ1n) is 8.44. The highest BCUT2D eigenvalue weighted by Gasteiger charge is 2.23. The minimum atomic E-state index is -0.0140. The number of rotatable bonds is 5. The molecular formula is C19H25N3O. The summed E-state index contributed by atoms with van der Waals surface area (Å²) in [5.41, 5.74) is 6.34. The zero-order valence-electron chi connectivity index (χ0n) is 14.4. The molecule has 122 valence electrons. The van der Waals surface area contributed by atoms with E-state index in [0.717, 1.165) is 17.8 Å². The molecule has 1 saturated carbocycles. The standard InChI is InChI=1S/C19H25N3O/c1-5-22-17(19(23)20-11-15-6-7-15)10-16(21-22)18-13(3)8-12(2)9-14(18)4/h8-10,15H,5-7,11H2,1-4H3,(H,20,23). The first-order chi connectivity index (χ1) is 11.0. The largest absolute Gasteiger partial charge is 0.350 e. The third-order valence-corrected chi connectivity index (χ3v) is 4.49. The molecule has 2 aromatic rings. The Hall–Kier alpha value is -2.10. The summed E-state index contributed by atoms with van der Waals surface area (Å²) in [6, 6.07) is 6.26. The molecule has 0 atom stereocenters. The number of nitrogens with zero attached hydrogens (tertiary/aromatic N) is 2. The average molecular weight is 311 g/mol. The summed E-state index contributed by atoms with van der Waals surface area (Å²) in [7, 11) is 0. The summed E-state index contributed by atoms with van der Waals surface area (Å²) in [5, 5.41) is 7.71. The first kappa shape index (κ1) is 15.8. The lowest BCUT2D eigenvalue weighted by Crippen LogP contribution is -2.27. The van der Waals surface area contributed by atoms with Crippen molar-refractivity contribution in [2.75, 3.05) is 6.54 Å². The van der Waals surface area contributed by atoms with E-state index >= 15 is 0 Å². The average Bonchev–Trinajstić information content (AvgIpc) is 3.22. The second kappa shape index (κ2) is 6.19. The number of nitrogens with one attached hydrogen (secondary N) is 1. The SMILES string of the molecule is CCn1nc(-c2c(C)cc(C)cc2C)cc1C(=O)NCC1CC1. The molecule has 0 radical (unpaired) electrons. The van der Waals surface area contributed by atoms with Crippen LogP contribution < -0.4 is 5.32 Å². The molecule has 1 aliphatic rings. The fraction of sp³-hybridized carbons (Fsp3) is 0.474. The maximum absolute atomic E-state index is 12.5. The fourth-order valence-electron chi connectivity index (χ4n) is 3.20. The molecule has 0 spiro atoms. The van der Waals surface area contributed by atoms with Gasteiger partial charge in [0.05, 0.1) is 5.69 Å². The third kappa shape index (κ3) is 3.31. The van der Waals surface area contributed by atoms with Crippen molar-refractivity contribution in [3.63, 3.8) is 0 Å². The molecule has 1 aromatic heterocycles. The molecule has 1 amide bonds. The second-order valence-electron chi connectivity index (χ2n) is 6.66. The molecule has 0 unspecified atom stereocenters. The van der Waals surface area contributed by atoms with E-state index in [1.54, 1.807) is 4.68 Å². The van der Waals surface area contributed by atoms with Crippen LogP contribution in [0.1, 0.15) is 46.9 Å². The van der Waals surface area contributed by atoms with Gasteiger partial charge in [0.25, 0.3) is 5.91 Å². The van der Waals surface area contributed by atoms with Crippen molar-refractivity contribution in [1.82, 2.24) is 15.1 Å². The number of amides is 1. The van der Waals surface area contributed by atoms with Crippen molar-refractivity contribution in [3.8, 4) is 11.3 Å². The maximum atomic E-state index is 12.5. The highest BCUT2D eigenvalue weighted by atomic mass is 16.2. The van der Waals surface area contributed by atoms with Crippen molar-refractivity contribution in [2.24, 2.45) is 5.92 Å². The van der Waals surface area contributed by atoms with Crippen LogP contribution >= 0.6 is 0 Å². The van der Waals surface area contributed by atoms with E-state index in [-0.39, 0.29) is 5.91 Å². The molecule has 23 heavy (non-hydrogen) atoms. The molecular weight excluding hydrogens is 286 g/mol. The van der Waals surface area contributed by atoms with Crippen LogP contribution in [0, 0.1) is 26.7 Å². The Balaban J connectivity index is 1.93. The van der Waals surface area contributed by atoms with Gasteiger partial charge in [-0.2, -0.15) is 5.10 Å². The Bertz CT molecular complexity index is 718. The Kier molecular flexibility index (Phi) is 4.24. The highest BCUT2D eigenvalue weighted by molar-refractivity contribution is 5.94. The zero-order chi connectivity index (χ0) is 16.6. The molecule has 4 nitrogen and oxygen atoms in total. The highest BCUT2D eigenvalue weighted by Crippen LogP contribution is 2.29. The molecule has 0 bridgehead atoms. The normalized spacial score (nSPS) is 14.1. The lowest BCUT2D eigenvalue weighted by molar-refractivity contribution is 0.0941. The predicted octanol–water partition coefficient (Wildman–Crippen LogP) is 3.64. The molecule has 4 heteroatoms. The van der Waals surface area contributed by atoms with E-state index < -0.39 is 0 Å². The van der Waals surface area contributed by atoms with E-state index in [0.29, 0.717) is 18.2 Å². The molecule has 3 rings (SSSR count). The summed E-state index contributed by atoms with van der Waals surface area (Å²) < 4.78 is 1.80. The first-order valence-corrected chi connectivity index (χ1v) is 8.44. The molecule has 1 N–H and O–H groups in total. The smallest absolute Gasteiger partial charge is 0.269 e. The van der Waals surface area contributed by atoms with Crippen molar-refractivity contribution in [2.45, 2.75) is 47.1 Å². The van der Waals surface area contributed by atoms with Gasteiger partial charge in [0, 0.05) is 18.7 Å². The zero-order valence-corrected chi connectivity index (χ0v) is 14.4. The van der Waals surface area contributed by atoms with Gasteiger partial charge in [-0.25, -0.2) is 0 Å². The summed E-state index contributed by atoms with van der Waals surface area (Å²) >= 11 is 0. The number of benzene rings is 1. The van der Waals surface area contributed by atoms with Gasteiger partial charge in [-0.05, 0) is 63.6 Å². The van der Waals surface area contributed by atoms with Crippen LogP contribution in [0.3, 0.4) is 0 Å². The van der Waals surface area contributed by atoms with Crippen LogP contribution in [0.25, 0.3) is 11.3 Å². The number of carbonyl (C=O) groups is 1. The van der Waals surface area contributed by atoms with Crippen molar-refractivity contribution < 1.29 is 4.79 Å². The number of aryl methyl sites for hydroxylation is 4. The molecule has 1 heterocycles. The van der Waals surface area contributed by atoms with Gasteiger partial charge in [0.2, 0.25) is 0 Å². The molecule has 1 aromatic carbocycles. The Labute approximate surface area is 137 Å². The quantitative estimate of drug-likeness (QED) is 0.916. The van der Waals surface area contributed by atoms with Gasteiger partial charge >= 0.3 is 0 Å². The Morgan fingerprint density at radius 3 is 2.43 bits per heavy atom. The lowest BCUT2D eigenvalue weighted by Gasteiger charge is -2.08. The minimum Gasteiger partial charge on any atom is -0.350 e. The van der Waals surface area contributed by atoms with E-state index in [1.807, 2.05) is 13.0 Å². The predicted molar refractivity (Wildman–Crippen MR) is 92.6 cm³/mol.